The van der Waals surface area contributed by atoms with Gasteiger partial charge >= 0.3 is 0 Å². The molecule has 0 spiro atoms. The van der Waals surface area contributed by atoms with Crippen LogP contribution in [-0.4, -0.2) is 5.75 Å². The molecule has 3 rings (SSSR count). The smallest absolute Gasteiger partial charge is 0.0533 e. The van der Waals surface area contributed by atoms with Crippen LogP contribution in [0.25, 0.3) is 0 Å². The first-order valence-electron chi connectivity index (χ1n) is 6.58. The molecule has 0 saturated heterocycles. The highest BCUT2D eigenvalue weighted by molar-refractivity contribution is 9.10. The molecular formula is C16H15BrClNS. The fourth-order valence-electron chi connectivity index (χ4n) is 2.45. The number of hydrogen-bond acceptors (Lipinski definition) is 2. The van der Waals surface area contributed by atoms with E-state index < -0.39 is 0 Å². The molecule has 1 unspecified atom stereocenters. The summed E-state index contributed by atoms with van der Waals surface area (Å²) >= 11 is 11.7. The second kappa shape index (κ2) is 6.00. The number of halogens is 2. The first kappa shape index (κ1) is 14.3. The molecule has 20 heavy (non-hydrogen) atoms. The van der Waals surface area contributed by atoms with Crippen molar-refractivity contribution in [1.82, 2.24) is 0 Å². The molecule has 0 amide bonds. The second-order valence-corrected chi connectivity index (χ2v) is 7.43. The summed E-state index contributed by atoms with van der Waals surface area (Å²) in [4.78, 5) is 1.34. The van der Waals surface area contributed by atoms with Gasteiger partial charge in [-0.1, -0.05) is 17.7 Å². The maximum absolute atomic E-state index is 6.16. The average Bonchev–Trinajstić information content (AvgIpc) is 2.43. The minimum absolute atomic E-state index is 0.322. The minimum Gasteiger partial charge on any atom is -0.377 e. The lowest BCUT2D eigenvalue weighted by Crippen LogP contribution is -2.16. The zero-order valence-electron chi connectivity index (χ0n) is 11.1. The summed E-state index contributed by atoms with van der Waals surface area (Å²) in [6.07, 6.45) is 1.11. The summed E-state index contributed by atoms with van der Waals surface area (Å²) in [5.41, 5.74) is 3.71. The summed E-state index contributed by atoms with van der Waals surface area (Å²) in [6, 6.07) is 12.9. The van der Waals surface area contributed by atoms with Gasteiger partial charge < -0.3 is 5.32 Å². The van der Waals surface area contributed by atoms with Crippen molar-refractivity contribution >= 4 is 45.0 Å². The predicted molar refractivity (Wildman–Crippen MR) is 92.0 cm³/mol. The third kappa shape index (κ3) is 3.00. The number of fused-ring (bicyclic) bond motifs is 1. The van der Waals surface area contributed by atoms with Crippen molar-refractivity contribution in [2.75, 3.05) is 11.1 Å². The molecule has 2 aromatic rings. The first-order valence-corrected chi connectivity index (χ1v) is 8.74. The SMILES string of the molecule is Cc1ccc(Br)c(NC2CCSc3ccc(Cl)cc32)c1. The van der Waals surface area contributed by atoms with E-state index in [0.29, 0.717) is 6.04 Å². The topological polar surface area (TPSA) is 12.0 Å². The Bertz CT molecular complexity index is 644. The Hall–Kier alpha value is -0.640. The van der Waals surface area contributed by atoms with Gasteiger partial charge in [0.05, 0.1) is 6.04 Å². The van der Waals surface area contributed by atoms with Crippen LogP contribution in [0, 0.1) is 6.92 Å². The van der Waals surface area contributed by atoms with Crippen LogP contribution in [0.2, 0.25) is 5.02 Å². The van der Waals surface area contributed by atoms with Gasteiger partial charge in [0, 0.05) is 25.8 Å². The van der Waals surface area contributed by atoms with Gasteiger partial charge in [0.2, 0.25) is 0 Å². The van der Waals surface area contributed by atoms with Gasteiger partial charge in [-0.2, -0.15) is 0 Å². The van der Waals surface area contributed by atoms with Gasteiger partial charge in [0.1, 0.15) is 0 Å². The van der Waals surface area contributed by atoms with Gasteiger partial charge in [0.15, 0.2) is 0 Å². The van der Waals surface area contributed by atoms with E-state index in [0.717, 1.165) is 27.4 Å². The van der Waals surface area contributed by atoms with Crippen LogP contribution in [-0.2, 0) is 0 Å². The fourth-order valence-corrected chi connectivity index (χ4v) is 4.10. The van der Waals surface area contributed by atoms with E-state index in [4.69, 9.17) is 11.6 Å². The van der Waals surface area contributed by atoms with Gasteiger partial charge in [-0.3, -0.25) is 0 Å². The largest absolute Gasteiger partial charge is 0.377 e. The van der Waals surface area contributed by atoms with Crippen molar-refractivity contribution in [1.29, 1.82) is 0 Å². The molecule has 0 aliphatic carbocycles. The van der Waals surface area contributed by atoms with Crippen LogP contribution in [0.1, 0.15) is 23.6 Å². The molecule has 0 radical (unpaired) electrons. The predicted octanol–water partition coefficient (Wildman–Crippen LogP) is 6.06. The summed E-state index contributed by atoms with van der Waals surface area (Å²) in [5.74, 6) is 1.13. The van der Waals surface area contributed by atoms with Crippen molar-refractivity contribution in [3.63, 3.8) is 0 Å². The number of aryl methyl sites for hydroxylation is 1. The zero-order chi connectivity index (χ0) is 14.1. The molecule has 2 aromatic carbocycles. The Morgan fingerprint density at radius 3 is 2.95 bits per heavy atom. The highest BCUT2D eigenvalue weighted by Gasteiger charge is 2.21. The third-order valence-electron chi connectivity index (χ3n) is 3.46. The average molecular weight is 369 g/mol. The Balaban J connectivity index is 1.93. The monoisotopic (exact) mass is 367 g/mol. The van der Waals surface area contributed by atoms with E-state index >= 15 is 0 Å². The number of nitrogens with one attached hydrogen (secondary N) is 1. The molecule has 0 fully saturated rings. The van der Waals surface area contributed by atoms with Crippen molar-refractivity contribution in [3.05, 3.63) is 57.0 Å². The molecule has 0 saturated carbocycles. The summed E-state index contributed by atoms with van der Waals surface area (Å²) in [7, 11) is 0. The first-order chi connectivity index (χ1) is 9.63. The Labute approximate surface area is 137 Å². The van der Waals surface area contributed by atoms with Crippen LogP contribution >= 0.6 is 39.3 Å². The molecule has 1 heterocycles. The van der Waals surface area contributed by atoms with Crippen molar-refractivity contribution in [2.24, 2.45) is 0 Å². The van der Waals surface area contributed by atoms with E-state index in [1.54, 1.807) is 0 Å². The summed E-state index contributed by atoms with van der Waals surface area (Å²) in [5, 5.41) is 4.46. The molecule has 1 nitrogen and oxygen atoms in total. The molecule has 104 valence electrons. The lowest BCUT2D eigenvalue weighted by atomic mass is 10.0. The van der Waals surface area contributed by atoms with E-state index in [1.807, 2.05) is 17.8 Å². The van der Waals surface area contributed by atoms with Crippen molar-refractivity contribution in [2.45, 2.75) is 24.3 Å². The molecule has 0 aromatic heterocycles. The molecule has 1 atom stereocenters. The van der Waals surface area contributed by atoms with Crippen molar-refractivity contribution in [3.8, 4) is 0 Å². The summed E-state index contributed by atoms with van der Waals surface area (Å²) < 4.78 is 1.10. The maximum Gasteiger partial charge on any atom is 0.0533 e. The second-order valence-electron chi connectivity index (χ2n) is 5.00. The van der Waals surface area contributed by atoms with Gasteiger partial charge in [-0.15, -0.1) is 11.8 Å². The molecule has 4 heteroatoms. The lowest BCUT2D eigenvalue weighted by molar-refractivity contribution is 0.728. The number of benzene rings is 2. The van der Waals surface area contributed by atoms with Crippen LogP contribution < -0.4 is 5.32 Å². The molecule has 0 bridgehead atoms. The highest BCUT2D eigenvalue weighted by Crippen LogP contribution is 2.40. The Kier molecular flexibility index (Phi) is 4.29. The van der Waals surface area contributed by atoms with Crippen LogP contribution in [0.3, 0.4) is 0 Å². The standard InChI is InChI=1S/C16H15BrClNS/c1-10-2-4-13(17)15(8-10)19-14-6-7-20-16-5-3-11(18)9-12(14)16/h2-5,8-9,14,19H,6-7H2,1H3. The number of anilines is 1. The van der Waals surface area contributed by atoms with Crippen molar-refractivity contribution < 1.29 is 0 Å². The lowest BCUT2D eigenvalue weighted by Gasteiger charge is -2.27. The van der Waals surface area contributed by atoms with Crippen LogP contribution in [0.15, 0.2) is 45.8 Å². The molecule has 1 aliphatic rings. The third-order valence-corrected chi connectivity index (χ3v) is 5.51. The van der Waals surface area contributed by atoms with Gasteiger partial charge in [-0.05, 0) is 70.7 Å². The zero-order valence-corrected chi connectivity index (χ0v) is 14.3. The minimum atomic E-state index is 0.322. The Morgan fingerprint density at radius 2 is 2.10 bits per heavy atom. The van der Waals surface area contributed by atoms with E-state index in [1.165, 1.54) is 16.0 Å². The van der Waals surface area contributed by atoms with E-state index in [9.17, 15) is 0 Å². The van der Waals surface area contributed by atoms with Gasteiger partial charge in [0.25, 0.3) is 0 Å². The Morgan fingerprint density at radius 1 is 1.25 bits per heavy atom. The highest BCUT2D eigenvalue weighted by atomic mass is 79.9. The number of thioether (sulfide) groups is 1. The molecule has 1 aliphatic heterocycles. The van der Waals surface area contributed by atoms with E-state index in [-0.39, 0.29) is 0 Å². The number of rotatable bonds is 2. The van der Waals surface area contributed by atoms with Crippen LogP contribution in [0.5, 0.6) is 0 Å². The van der Waals surface area contributed by atoms with Crippen LogP contribution in [0.4, 0.5) is 5.69 Å². The number of hydrogen-bond donors (Lipinski definition) is 1. The van der Waals surface area contributed by atoms with E-state index in [2.05, 4.69) is 58.5 Å². The van der Waals surface area contributed by atoms with Gasteiger partial charge in [-0.25, -0.2) is 0 Å². The molecular weight excluding hydrogens is 354 g/mol. The fraction of sp³-hybridized carbons (Fsp3) is 0.250. The normalized spacial score (nSPS) is 17.6. The summed E-state index contributed by atoms with van der Waals surface area (Å²) in [6.45, 7) is 2.11. The quantitative estimate of drug-likeness (QED) is 0.691. The molecule has 1 N–H and O–H groups in total. The maximum atomic E-state index is 6.16.